The zero-order valence-electron chi connectivity index (χ0n) is 15.2. The molecule has 2 heterocycles. The van der Waals surface area contributed by atoms with Crippen LogP contribution < -0.4 is 4.18 Å². The van der Waals surface area contributed by atoms with E-state index in [2.05, 4.69) is 14.1 Å². The summed E-state index contributed by atoms with van der Waals surface area (Å²) in [5, 5.41) is 0.629. The van der Waals surface area contributed by atoms with Gasteiger partial charge in [0.15, 0.2) is 5.75 Å². The number of likely N-dealkylation sites (tertiary alicyclic amines) is 1. The number of fused-ring (bicyclic) bond motifs is 1. The van der Waals surface area contributed by atoms with Crippen LogP contribution in [0.2, 0.25) is 0 Å². The number of hydrogen-bond donors (Lipinski definition) is 0. The second-order valence-electron chi connectivity index (χ2n) is 7.44. The minimum absolute atomic E-state index is 0.00962. The van der Waals surface area contributed by atoms with Gasteiger partial charge in [-0.25, -0.2) is 0 Å². The molecule has 5 nitrogen and oxygen atoms in total. The van der Waals surface area contributed by atoms with Crippen LogP contribution in [0.1, 0.15) is 49.1 Å². The van der Waals surface area contributed by atoms with E-state index in [1.807, 2.05) is 12.1 Å². The summed E-state index contributed by atoms with van der Waals surface area (Å²) in [4.78, 5) is 6.49. The molecule has 0 bridgehead atoms. The van der Waals surface area contributed by atoms with Gasteiger partial charge in [0.05, 0.1) is 0 Å². The van der Waals surface area contributed by atoms with Crippen LogP contribution in [-0.2, 0) is 16.7 Å². The Balaban J connectivity index is 1.78. The maximum Gasteiger partial charge on any atom is 0.534 e. The zero-order valence-corrected chi connectivity index (χ0v) is 16.0. The summed E-state index contributed by atoms with van der Waals surface area (Å²) in [6.45, 7) is 2.58. The summed E-state index contributed by atoms with van der Waals surface area (Å²) < 4.78 is 66.7. The SMILES string of the molecule is O=S(=O)(Oc1c(C2CC2)ccc2c(CN3CCCCC3)ccnc12)C(F)(F)F. The molecule has 1 aromatic carbocycles. The van der Waals surface area contributed by atoms with Gasteiger partial charge in [-0.15, -0.1) is 0 Å². The minimum atomic E-state index is -5.76. The lowest BCUT2D eigenvalue weighted by atomic mass is 10.0. The van der Waals surface area contributed by atoms with Gasteiger partial charge in [-0.1, -0.05) is 18.6 Å². The molecule has 28 heavy (non-hydrogen) atoms. The van der Waals surface area contributed by atoms with Crippen LogP contribution in [0, 0.1) is 0 Å². The summed E-state index contributed by atoms with van der Waals surface area (Å²) in [6, 6.07) is 5.33. The molecule has 2 fully saturated rings. The van der Waals surface area contributed by atoms with E-state index in [4.69, 9.17) is 0 Å². The molecule has 2 aromatic rings. The van der Waals surface area contributed by atoms with Crippen molar-refractivity contribution >= 4 is 21.0 Å². The van der Waals surface area contributed by atoms with E-state index in [0.717, 1.165) is 44.3 Å². The number of nitrogens with zero attached hydrogens (tertiary/aromatic N) is 2. The van der Waals surface area contributed by atoms with E-state index in [-0.39, 0.29) is 17.2 Å². The van der Waals surface area contributed by atoms with Gasteiger partial charge in [0.2, 0.25) is 0 Å². The molecule has 4 rings (SSSR count). The maximum absolute atomic E-state index is 12.9. The van der Waals surface area contributed by atoms with Crippen LogP contribution in [0.3, 0.4) is 0 Å². The van der Waals surface area contributed by atoms with Crippen molar-refractivity contribution < 1.29 is 25.8 Å². The predicted octanol–water partition coefficient (Wildman–Crippen LogP) is 4.33. The summed E-state index contributed by atoms with van der Waals surface area (Å²) in [5.74, 6) is -0.270. The molecule has 1 aromatic heterocycles. The Kier molecular flexibility index (Phi) is 4.99. The van der Waals surface area contributed by atoms with Gasteiger partial charge in [-0.2, -0.15) is 21.6 Å². The van der Waals surface area contributed by atoms with E-state index in [0.29, 0.717) is 17.5 Å². The Hall–Kier alpha value is -1.87. The van der Waals surface area contributed by atoms with Crippen molar-refractivity contribution in [3.8, 4) is 5.75 Å². The number of benzene rings is 1. The van der Waals surface area contributed by atoms with Crippen molar-refractivity contribution in [3.05, 3.63) is 35.5 Å². The van der Waals surface area contributed by atoms with Crippen LogP contribution in [0.15, 0.2) is 24.4 Å². The van der Waals surface area contributed by atoms with Crippen molar-refractivity contribution in [1.29, 1.82) is 0 Å². The van der Waals surface area contributed by atoms with Gasteiger partial charge < -0.3 is 4.18 Å². The number of rotatable bonds is 5. The van der Waals surface area contributed by atoms with Crippen LogP contribution in [0.25, 0.3) is 10.9 Å². The Labute approximate surface area is 161 Å². The molecule has 0 unspecified atom stereocenters. The summed E-state index contributed by atoms with van der Waals surface area (Å²) >= 11 is 0. The fraction of sp³-hybridized carbons (Fsp3) is 0.526. The second kappa shape index (κ2) is 7.18. The van der Waals surface area contributed by atoms with Crippen LogP contribution in [0.4, 0.5) is 13.2 Å². The van der Waals surface area contributed by atoms with Crippen molar-refractivity contribution in [3.63, 3.8) is 0 Å². The highest BCUT2D eigenvalue weighted by Crippen LogP contribution is 2.47. The monoisotopic (exact) mass is 414 g/mol. The molecule has 1 aliphatic carbocycles. The topological polar surface area (TPSA) is 59.5 Å². The third-order valence-electron chi connectivity index (χ3n) is 5.32. The van der Waals surface area contributed by atoms with Crippen molar-refractivity contribution in [1.82, 2.24) is 9.88 Å². The second-order valence-corrected chi connectivity index (χ2v) is 8.98. The van der Waals surface area contributed by atoms with Gasteiger partial charge in [0, 0.05) is 23.7 Å². The van der Waals surface area contributed by atoms with Crippen molar-refractivity contribution in [2.75, 3.05) is 13.1 Å². The molecule has 0 spiro atoms. The number of pyridine rings is 1. The first-order valence-corrected chi connectivity index (χ1v) is 10.8. The smallest absolute Gasteiger partial charge is 0.373 e. The van der Waals surface area contributed by atoms with Gasteiger partial charge in [0.25, 0.3) is 0 Å². The first-order valence-electron chi connectivity index (χ1n) is 9.40. The number of halogens is 3. The van der Waals surface area contributed by atoms with Crippen molar-refractivity contribution in [2.24, 2.45) is 0 Å². The Bertz CT molecular complexity index is 982. The zero-order chi connectivity index (χ0) is 19.9. The van der Waals surface area contributed by atoms with Crippen LogP contribution in [-0.4, -0.2) is 36.9 Å². The van der Waals surface area contributed by atoms with Gasteiger partial charge >= 0.3 is 15.6 Å². The largest absolute Gasteiger partial charge is 0.534 e. The normalized spacial score (nSPS) is 19.1. The Morgan fingerprint density at radius 1 is 1.11 bits per heavy atom. The number of hydrogen-bond acceptors (Lipinski definition) is 5. The lowest BCUT2D eigenvalue weighted by Crippen LogP contribution is -2.29. The lowest BCUT2D eigenvalue weighted by molar-refractivity contribution is -0.0499. The lowest BCUT2D eigenvalue weighted by Gasteiger charge is -2.27. The molecule has 0 radical (unpaired) electrons. The van der Waals surface area contributed by atoms with Gasteiger partial charge in [-0.3, -0.25) is 9.88 Å². The standard InChI is InChI=1S/C19H21F3N2O3S/c20-19(21,22)28(25,26)27-18-16(13-4-5-13)7-6-15-14(8-9-23-17(15)18)12-24-10-2-1-3-11-24/h6-9,13H,1-5,10-12H2. The number of piperidine rings is 1. The Morgan fingerprint density at radius 2 is 1.82 bits per heavy atom. The van der Waals surface area contributed by atoms with E-state index >= 15 is 0 Å². The van der Waals surface area contributed by atoms with E-state index in [1.165, 1.54) is 12.6 Å². The van der Waals surface area contributed by atoms with Crippen LogP contribution in [0.5, 0.6) is 5.75 Å². The fourth-order valence-corrected chi connectivity index (χ4v) is 4.21. The van der Waals surface area contributed by atoms with Gasteiger partial charge in [-0.05, 0) is 56.3 Å². The summed E-state index contributed by atoms with van der Waals surface area (Å²) in [5.41, 5.74) is -3.93. The third-order valence-corrected chi connectivity index (χ3v) is 6.28. The molecule has 2 aliphatic rings. The molecule has 1 aliphatic heterocycles. The molecular weight excluding hydrogens is 393 g/mol. The molecule has 0 N–H and O–H groups in total. The first-order chi connectivity index (χ1) is 13.3. The molecular formula is C19H21F3N2O3S. The average molecular weight is 414 g/mol. The molecule has 9 heteroatoms. The minimum Gasteiger partial charge on any atom is -0.373 e. The number of alkyl halides is 3. The maximum atomic E-state index is 12.9. The first kappa shape index (κ1) is 19.4. The van der Waals surface area contributed by atoms with E-state index < -0.39 is 15.6 Å². The molecule has 0 atom stereocenters. The quantitative estimate of drug-likeness (QED) is 0.539. The third kappa shape index (κ3) is 3.82. The Morgan fingerprint density at radius 3 is 2.46 bits per heavy atom. The molecule has 0 amide bonds. The van der Waals surface area contributed by atoms with Gasteiger partial charge in [0.1, 0.15) is 5.52 Å². The van der Waals surface area contributed by atoms with Crippen molar-refractivity contribution in [2.45, 2.75) is 50.1 Å². The summed E-state index contributed by atoms with van der Waals surface area (Å²) in [6.07, 6.45) is 6.53. The average Bonchev–Trinajstić information content (AvgIpc) is 3.47. The fourth-order valence-electron chi connectivity index (χ4n) is 3.72. The van der Waals surface area contributed by atoms with Crippen LogP contribution >= 0.6 is 0 Å². The predicted molar refractivity (Wildman–Crippen MR) is 98.4 cm³/mol. The van der Waals surface area contributed by atoms with E-state index in [1.54, 1.807) is 6.07 Å². The molecule has 1 saturated heterocycles. The highest BCUT2D eigenvalue weighted by molar-refractivity contribution is 7.88. The number of aromatic nitrogens is 1. The molecule has 152 valence electrons. The van der Waals surface area contributed by atoms with E-state index in [9.17, 15) is 21.6 Å². The summed E-state index contributed by atoms with van der Waals surface area (Å²) in [7, 11) is -5.76. The highest BCUT2D eigenvalue weighted by Gasteiger charge is 2.49. The molecule has 1 saturated carbocycles. The highest BCUT2D eigenvalue weighted by atomic mass is 32.2.